The van der Waals surface area contributed by atoms with Crippen LogP contribution < -0.4 is 29.6 Å². The van der Waals surface area contributed by atoms with E-state index in [0.29, 0.717) is 5.33 Å². The van der Waals surface area contributed by atoms with E-state index >= 15 is 0 Å². The molecule has 2 nitrogen and oxygen atoms in total. The van der Waals surface area contributed by atoms with Crippen LogP contribution in [0.5, 0.6) is 0 Å². The summed E-state index contributed by atoms with van der Waals surface area (Å²) < 4.78 is 25.2. The maximum absolute atomic E-state index is 12.7. The van der Waals surface area contributed by atoms with Crippen LogP contribution in [0, 0.1) is 11.6 Å². The van der Waals surface area contributed by atoms with Crippen molar-refractivity contribution in [1.29, 1.82) is 0 Å². The standard InChI is InChI=1S/C7H7ClFNS.C6H4BrClFN.CH4S.B.Na/c1-11-4-5-2-6(9)7(8)10-3-5;7-2-4-1-5(9)6(8)10-3-4;1-2;;/h2-3H,4H2,1H3;1,3H,2H2;2H,1H3;;/q;;;;+1/p-1. The smallest absolute Gasteiger partial charge is 0.796 e. The van der Waals surface area contributed by atoms with Crippen LogP contribution in [-0.4, -0.2) is 30.9 Å². The van der Waals surface area contributed by atoms with Crippen LogP contribution in [0.1, 0.15) is 11.1 Å². The third-order valence-electron chi connectivity index (χ3n) is 2.17. The van der Waals surface area contributed by atoms with Crippen LogP contribution >= 0.6 is 50.9 Å². The zero-order chi connectivity index (χ0) is 17.8. The number of hydrogen-bond acceptors (Lipinski definition) is 4. The van der Waals surface area contributed by atoms with E-state index in [2.05, 4.69) is 38.5 Å². The van der Waals surface area contributed by atoms with Gasteiger partial charge >= 0.3 is 29.6 Å². The van der Waals surface area contributed by atoms with Gasteiger partial charge < -0.3 is 12.6 Å². The second-order valence-corrected chi connectivity index (χ2v) is 5.94. The molecule has 0 aromatic carbocycles. The van der Waals surface area contributed by atoms with E-state index in [4.69, 9.17) is 23.2 Å². The van der Waals surface area contributed by atoms with Gasteiger partial charge in [-0.3, -0.25) is 0 Å². The summed E-state index contributed by atoms with van der Waals surface area (Å²) in [6.45, 7) is 0. The molecule has 25 heavy (non-hydrogen) atoms. The Morgan fingerprint density at radius 2 is 1.44 bits per heavy atom. The summed E-state index contributed by atoms with van der Waals surface area (Å²) in [6.07, 6.45) is 6.65. The summed E-state index contributed by atoms with van der Waals surface area (Å²) in [5.41, 5.74) is 1.64. The largest absolute Gasteiger partial charge is 1.00 e. The molecule has 0 saturated carbocycles. The van der Waals surface area contributed by atoms with Crippen LogP contribution in [0.2, 0.25) is 10.3 Å². The van der Waals surface area contributed by atoms with Crippen LogP contribution in [0.4, 0.5) is 8.78 Å². The molecule has 0 N–H and O–H groups in total. The van der Waals surface area contributed by atoms with Gasteiger partial charge in [-0.05, 0) is 29.5 Å². The van der Waals surface area contributed by atoms with Gasteiger partial charge in [0.1, 0.15) is 0 Å². The van der Waals surface area contributed by atoms with Gasteiger partial charge in [-0.1, -0.05) is 39.1 Å². The van der Waals surface area contributed by atoms with Crippen molar-refractivity contribution in [2.75, 3.05) is 12.5 Å². The monoisotopic (exact) mass is 495 g/mol. The first-order valence-corrected chi connectivity index (χ1v) is 10.1. The molecule has 3 radical (unpaired) electrons. The summed E-state index contributed by atoms with van der Waals surface area (Å²) in [5.74, 6) is -0.155. The van der Waals surface area contributed by atoms with Crippen LogP contribution in [-0.2, 0) is 23.7 Å². The average Bonchev–Trinajstić information content (AvgIpc) is 2.56. The fourth-order valence-electron chi connectivity index (χ4n) is 1.24. The van der Waals surface area contributed by atoms with E-state index in [1.165, 1.54) is 18.3 Å². The third kappa shape index (κ3) is 12.9. The predicted octanol–water partition coefficient (Wildman–Crippen LogP) is 2.29. The molecule has 2 rings (SSSR count). The second-order valence-electron chi connectivity index (χ2n) is 3.80. The molecule has 2 aromatic rings. The molecule has 0 aliphatic rings. The average molecular weight is 497 g/mol. The van der Waals surface area contributed by atoms with Crippen LogP contribution in [0.3, 0.4) is 0 Å². The van der Waals surface area contributed by atoms with Crippen molar-refractivity contribution in [1.82, 2.24) is 9.97 Å². The van der Waals surface area contributed by atoms with Crippen molar-refractivity contribution in [3.05, 3.63) is 57.6 Å². The first-order valence-electron chi connectivity index (χ1n) is 6.03. The van der Waals surface area contributed by atoms with Crippen molar-refractivity contribution in [3.8, 4) is 0 Å². The maximum atomic E-state index is 12.7. The molecule has 0 aliphatic heterocycles. The zero-order valence-electron chi connectivity index (χ0n) is 13.9. The molecule has 0 unspecified atom stereocenters. The fourth-order valence-corrected chi connectivity index (χ4v) is 2.24. The molecule has 0 bridgehead atoms. The number of alkyl halides is 1. The minimum Gasteiger partial charge on any atom is -0.796 e. The predicted molar refractivity (Wildman–Crippen MR) is 107 cm³/mol. The van der Waals surface area contributed by atoms with Gasteiger partial charge in [0.2, 0.25) is 0 Å². The van der Waals surface area contributed by atoms with Gasteiger partial charge in [-0.25, -0.2) is 18.7 Å². The molecule has 0 saturated heterocycles. The summed E-state index contributed by atoms with van der Waals surface area (Å²) in [4.78, 5) is 7.28. The second kappa shape index (κ2) is 18.4. The van der Waals surface area contributed by atoms with E-state index < -0.39 is 11.6 Å². The van der Waals surface area contributed by atoms with Crippen molar-refractivity contribution >= 4 is 71.9 Å². The molecular weight excluding hydrogens is 483 g/mol. The number of aromatic nitrogens is 2. The van der Waals surface area contributed by atoms with Crippen molar-refractivity contribution < 1.29 is 38.3 Å². The molecule has 11 heteroatoms. The van der Waals surface area contributed by atoms with E-state index in [1.807, 2.05) is 6.26 Å². The van der Waals surface area contributed by atoms with Crippen LogP contribution in [0.25, 0.3) is 0 Å². The van der Waals surface area contributed by atoms with Crippen molar-refractivity contribution in [3.63, 3.8) is 0 Å². The maximum Gasteiger partial charge on any atom is 1.00 e. The van der Waals surface area contributed by atoms with Crippen LogP contribution in [0.15, 0.2) is 24.5 Å². The molecule has 131 valence electrons. The van der Waals surface area contributed by atoms with Crippen molar-refractivity contribution in [2.45, 2.75) is 11.1 Å². The van der Waals surface area contributed by atoms with Gasteiger partial charge in [-0.2, -0.15) is 18.0 Å². The van der Waals surface area contributed by atoms with Gasteiger partial charge in [0.05, 0.1) is 0 Å². The van der Waals surface area contributed by atoms with E-state index in [0.717, 1.165) is 16.9 Å². The van der Waals surface area contributed by atoms with Gasteiger partial charge in [-0.15, -0.1) is 0 Å². The van der Waals surface area contributed by atoms with E-state index in [9.17, 15) is 8.78 Å². The number of thioether (sulfide) groups is 1. The topological polar surface area (TPSA) is 25.8 Å². The number of nitrogens with zero attached hydrogens (tertiary/aromatic N) is 2. The number of rotatable bonds is 3. The molecule has 0 amide bonds. The number of pyridine rings is 2. The minimum absolute atomic E-state index is 0. The Hall–Kier alpha value is 0.985. The zero-order valence-corrected chi connectivity index (χ0v) is 20.6. The number of halogens is 5. The quantitative estimate of drug-likeness (QED) is 0.282. The normalized spacial score (nSPS) is 8.64. The minimum atomic E-state index is -0.474. The Balaban J connectivity index is -0.000000329. The summed E-state index contributed by atoms with van der Waals surface area (Å²) in [6, 6.07) is 2.76. The third-order valence-corrected chi connectivity index (χ3v) is 4.00. The Morgan fingerprint density at radius 1 is 1.04 bits per heavy atom. The molecule has 0 aliphatic carbocycles. The Labute approximate surface area is 199 Å². The van der Waals surface area contributed by atoms with E-state index in [1.54, 1.807) is 24.2 Å². The SMILES string of the molecule is CSCc1cnc(Cl)c(F)c1.C[S-].Fc1cc(CBr)cnc1Cl.[B].[Na+]. The Bertz CT molecular complexity index is 619. The molecular formula is C14H14BBrCl2F2N2NaS2. The van der Waals surface area contributed by atoms with Gasteiger partial charge in [0.15, 0.2) is 21.9 Å². The Morgan fingerprint density at radius 3 is 1.80 bits per heavy atom. The van der Waals surface area contributed by atoms with Gasteiger partial charge in [0.25, 0.3) is 0 Å². The van der Waals surface area contributed by atoms with E-state index in [-0.39, 0.29) is 48.3 Å². The molecule has 2 aromatic heterocycles. The summed E-state index contributed by atoms with van der Waals surface area (Å²) >= 11 is 19.6. The molecule has 0 fully saturated rings. The molecule has 0 spiro atoms. The van der Waals surface area contributed by atoms with Gasteiger partial charge in [0, 0.05) is 31.9 Å². The number of hydrogen-bond donors (Lipinski definition) is 0. The molecule has 2 heterocycles. The summed E-state index contributed by atoms with van der Waals surface area (Å²) in [7, 11) is 0. The van der Waals surface area contributed by atoms with Crippen molar-refractivity contribution in [2.24, 2.45) is 0 Å². The fraction of sp³-hybridized carbons (Fsp3) is 0.286. The first kappa shape index (κ1) is 30.7. The summed E-state index contributed by atoms with van der Waals surface area (Å²) in [5, 5.41) is 0.452. The first-order chi connectivity index (χ1) is 11.0. The Kier molecular flexibility index (Phi) is 22.5. The molecule has 0 atom stereocenters.